The standard InChI is InChI=1S/C19H12F6N2O3/c20-13-5-12(19(23,24)25)3-1-11(13)8-30-15-4-2-10(16(21)17(15)22)6-27-7-14(18(28)29)26-9-27/h1-5,7,9H,6,8H2,(H,28,29). The third kappa shape index (κ3) is 4.56. The van der Waals surface area contributed by atoms with Crippen LogP contribution >= 0.6 is 0 Å². The largest absolute Gasteiger partial charge is 0.486 e. The fourth-order valence-electron chi connectivity index (χ4n) is 2.56. The van der Waals surface area contributed by atoms with Crippen molar-refractivity contribution in [3.05, 3.63) is 82.7 Å². The minimum Gasteiger partial charge on any atom is -0.486 e. The van der Waals surface area contributed by atoms with E-state index >= 15 is 0 Å². The highest BCUT2D eigenvalue weighted by atomic mass is 19.4. The van der Waals surface area contributed by atoms with E-state index in [4.69, 9.17) is 9.84 Å². The molecule has 2 aromatic carbocycles. The molecule has 0 amide bonds. The van der Waals surface area contributed by atoms with Crippen molar-refractivity contribution < 1.29 is 41.0 Å². The van der Waals surface area contributed by atoms with Gasteiger partial charge in [0.1, 0.15) is 12.4 Å². The van der Waals surface area contributed by atoms with E-state index in [1.165, 1.54) is 10.6 Å². The lowest BCUT2D eigenvalue weighted by Crippen LogP contribution is -2.08. The Morgan fingerprint density at radius 1 is 1.07 bits per heavy atom. The van der Waals surface area contributed by atoms with E-state index in [1.54, 1.807) is 0 Å². The summed E-state index contributed by atoms with van der Waals surface area (Å²) in [6.07, 6.45) is -2.44. The van der Waals surface area contributed by atoms with Crippen molar-refractivity contribution in [1.82, 2.24) is 9.55 Å². The monoisotopic (exact) mass is 430 g/mol. The Bertz CT molecular complexity index is 1090. The van der Waals surface area contributed by atoms with Crippen LogP contribution in [0.25, 0.3) is 0 Å². The van der Waals surface area contributed by atoms with Crippen molar-refractivity contribution in [1.29, 1.82) is 0 Å². The van der Waals surface area contributed by atoms with E-state index in [0.29, 0.717) is 6.07 Å². The highest BCUT2D eigenvalue weighted by Crippen LogP contribution is 2.31. The fraction of sp³-hybridized carbons (Fsp3) is 0.158. The van der Waals surface area contributed by atoms with Crippen LogP contribution in [0.5, 0.6) is 5.75 Å². The van der Waals surface area contributed by atoms with Crippen LogP contribution < -0.4 is 4.74 Å². The first-order chi connectivity index (χ1) is 14.1. The Balaban J connectivity index is 1.73. The van der Waals surface area contributed by atoms with Gasteiger partial charge in [-0.1, -0.05) is 12.1 Å². The molecule has 0 aliphatic rings. The van der Waals surface area contributed by atoms with Gasteiger partial charge in [0.05, 0.1) is 18.4 Å². The number of ether oxygens (including phenoxy) is 1. The van der Waals surface area contributed by atoms with Gasteiger partial charge in [-0.2, -0.15) is 17.6 Å². The average molecular weight is 430 g/mol. The number of imidazole rings is 1. The molecule has 0 radical (unpaired) electrons. The van der Waals surface area contributed by atoms with Crippen molar-refractivity contribution in [3.8, 4) is 5.75 Å². The predicted octanol–water partition coefficient (Wildman–Crippen LogP) is 4.64. The summed E-state index contributed by atoms with van der Waals surface area (Å²) < 4.78 is 86.3. The summed E-state index contributed by atoms with van der Waals surface area (Å²) in [6, 6.07) is 4.04. The van der Waals surface area contributed by atoms with Gasteiger partial charge in [0, 0.05) is 17.3 Å². The summed E-state index contributed by atoms with van der Waals surface area (Å²) in [5.74, 6) is -5.69. The van der Waals surface area contributed by atoms with Crippen molar-refractivity contribution in [3.63, 3.8) is 0 Å². The Morgan fingerprint density at radius 2 is 1.77 bits per heavy atom. The number of carboxylic acids is 1. The average Bonchev–Trinajstić information content (AvgIpc) is 3.14. The molecular weight excluding hydrogens is 418 g/mol. The first-order valence-corrected chi connectivity index (χ1v) is 8.26. The molecule has 1 aromatic heterocycles. The van der Waals surface area contributed by atoms with Gasteiger partial charge in [-0.3, -0.25) is 0 Å². The van der Waals surface area contributed by atoms with Gasteiger partial charge in [0.2, 0.25) is 5.82 Å². The highest BCUT2D eigenvalue weighted by Gasteiger charge is 2.31. The zero-order chi connectivity index (χ0) is 22.1. The number of rotatable bonds is 6. The number of hydrogen-bond acceptors (Lipinski definition) is 3. The Labute approximate surface area is 165 Å². The van der Waals surface area contributed by atoms with Crippen LogP contribution in [0.1, 0.15) is 27.2 Å². The summed E-state index contributed by atoms with van der Waals surface area (Å²) in [7, 11) is 0. The lowest BCUT2D eigenvalue weighted by molar-refractivity contribution is -0.137. The second-order valence-electron chi connectivity index (χ2n) is 6.18. The third-order valence-corrected chi connectivity index (χ3v) is 4.10. The first kappa shape index (κ1) is 21.2. The van der Waals surface area contributed by atoms with Gasteiger partial charge in [0.25, 0.3) is 0 Å². The van der Waals surface area contributed by atoms with Gasteiger partial charge in [-0.25, -0.2) is 18.6 Å². The van der Waals surface area contributed by atoms with E-state index in [9.17, 15) is 31.1 Å². The molecule has 0 unspecified atom stereocenters. The Hall–Kier alpha value is -3.50. The summed E-state index contributed by atoms with van der Waals surface area (Å²) in [4.78, 5) is 14.4. The van der Waals surface area contributed by atoms with E-state index < -0.39 is 47.5 Å². The molecule has 0 fully saturated rings. The molecule has 3 aromatic rings. The first-order valence-electron chi connectivity index (χ1n) is 8.26. The maximum absolute atomic E-state index is 14.3. The quantitative estimate of drug-likeness (QED) is 0.579. The van der Waals surface area contributed by atoms with Crippen molar-refractivity contribution in [2.45, 2.75) is 19.3 Å². The van der Waals surface area contributed by atoms with Crippen LogP contribution in [0, 0.1) is 17.5 Å². The summed E-state index contributed by atoms with van der Waals surface area (Å²) in [6.45, 7) is -0.833. The number of benzene rings is 2. The number of aromatic carboxylic acids is 1. The number of halogens is 6. The predicted molar refractivity (Wildman–Crippen MR) is 90.4 cm³/mol. The van der Waals surface area contributed by atoms with Crippen LogP contribution in [0.2, 0.25) is 0 Å². The number of hydrogen-bond donors (Lipinski definition) is 1. The zero-order valence-corrected chi connectivity index (χ0v) is 14.9. The number of carbonyl (C=O) groups is 1. The molecule has 0 aliphatic carbocycles. The molecule has 0 spiro atoms. The molecule has 3 rings (SSSR count). The third-order valence-electron chi connectivity index (χ3n) is 4.10. The molecule has 5 nitrogen and oxygen atoms in total. The van der Waals surface area contributed by atoms with Crippen LogP contribution in [0.3, 0.4) is 0 Å². The lowest BCUT2D eigenvalue weighted by Gasteiger charge is -2.12. The van der Waals surface area contributed by atoms with E-state index in [-0.39, 0.29) is 29.4 Å². The van der Waals surface area contributed by atoms with E-state index in [1.807, 2.05) is 0 Å². The van der Waals surface area contributed by atoms with Crippen molar-refractivity contribution in [2.75, 3.05) is 0 Å². The van der Waals surface area contributed by atoms with Crippen LogP contribution in [0.15, 0.2) is 42.9 Å². The van der Waals surface area contributed by atoms with Gasteiger partial charge in [-0.05, 0) is 18.2 Å². The molecule has 158 valence electrons. The SMILES string of the molecule is O=C(O)c1cn(Cc2ccc(OCc3ccc(C(F)(F)F)cc3F)c(F)c2F)cn1. The number of nitrogens with zero attached hydrogens (tertiary/aromatic N) is 2. The van der Waals surface area contributed by atoms with Gasteiger partial charge >= 0.3 is 12.1 Å². The molecular formula is C19H12F6N2O3. The van der Waals surface area contributed by atoms with Gasteiger partial charge in [-0.15, -0.1) is 0 Å². The van der Waals surface area contributed by atoms with Gasteiger partial charge < -0.3 is 14.4 Å². The summed E-state index contributed by atoms with van der Waals surface area (Å²) in [5, 5.41) is 8.82. The van der Waals surface area contributed by atoms with E-state index in [0.717, 1.165) is 24.7 Å². The molecule has 1 heterocycles. The molecule has 0 aliphatic heterocycles. The molecule has 11 heteroatoms. The van der Waals surface area contributed by atoms with Crippen LogP contribution in [-0.2, 0) is 19.3 Å². The second-order valence-corrected chi connectivity index (χ2v) is 6.18. The van der Waals surface area contributed by atoms with Crippen LogP contribution in [0.4, 0.5) is 26.3 Å². The topological polar surface area (TPSA) is 64.3 Å². The molecule has 0 saturated heterocycles. The molecule has 0 saturated carbocycles. The second kappa shape index (κ2) is 8.09. The summed E-state index contributed by atoms with van der Waals surface area (Å²) >= 11 is 0. The highest BCUT2D eigenvalue weighted by molar-refractivity contribution is 5.84. The number of aromatic nitrogens is 2. The maximum atomic E-state index is 14.3. The number of carboxylic acid groups (broad SMARTS) is 1. The number of alkyl halides is 3. The zero-order valence-electron chi connectivity index (χ0n) is 14.9. The normalized spacial score (nSPS) is 11.5. The molecule has 0 atom stereocenters. The molecule has 1 N–H and O–H groups in total. The Morgan fingerprint density at radius 3 is 2.37 bits per heavy atom. The van der Waals surface area contributed by atoms with Crippen molar-refractivity contribution >= 4 is 5.97 Å². The lowest BCUT2D eigenvalue weighted by atomic mass is 10.1. The summed E-state index contributed by atoms with van der Waals surface area (Å²) in [5.41, 5.74) is -1.85. The van der Waals surface area contributed by atoms with Gasteiger partial charge in [0.15, 0.2) is 17.3 Å². The maximum Gasteiger partial charge on any atom is 0.416 e. The molecule has 30 heavy (non-hydrogen) atoms. The fourth-order valence-corrected chi connectivity index (χ4v) is 2.56. The molecule has 0 bridgehead atoms. The minimum absolute atomic E-state index is 0.130. The smallest absolute Gasteiger partial charge is 0.416 e. The van der Waals surface area contributed by atoms with Crippen molar-refractivity contribution in [2.24, 2.45) is 0 Å². The Kier molecular flexibility index (Phi) is 5.72. The van der Waals surface area contributed by atoms with E-state index in [2.05, 4.69) is 4.98 Å². The van der Waals surface area contributed by atoms with Crippen LogP contribution in [-0.4, -0.2) is 20.6 Å². The minimum atomic E-state index is -4.72.